The molecule has 0 unspecified atom stereocenters. The van der Waals surface area contributed by atoms with E-state index in [2.05, 4.69) is 4.74 Å². The van der Waals surface area contributed by atoms with Crippen LogP contribution < -0.4 is 0 Å². The summed E-state index contributed by atoms with van der Waals surface area (Å²) in [6.07, 6.45) is -0.405. The van der Waals surface area contributed by atoms with Crippen molar-refractivity contribution in [3.05, 3.63) is 23.3 Å². The Balaban J connectivity index is 2.95. The third kappa shape index (κ3) is 3.48. The monoisotopic (exact) mass is 282 g/mol. The normalized spacial score (nSPS) is 11.9. The summed E-state index contributed by atoms with van der Waals surface area (Å²) in [7, 11) is 2.62. The van der Waals surface area contributed by atoms with Crippen LogP contribution in [0.3, 0.4) is 0 Å². The van der Waals surface area contributed by atoms with E-state index in [4.69, 9.17) is 4.74 Å². The van der Waals surface area contributed by atoms with E-state index in [0.29, 0.717) is 0 Å². The Kier molecular flexibility index (Phi) is 5.52. The van der Waals surface area contributed by atoms with E-state index in [9.17, 15) is 19.8 Å². The third-order valence-corrected chi connectivity index (χ3v) is 3.04. The van der Waals surface area contributed by atoms with Crippen molar-refractivity contribution in [2.75, 3.05) is 14.2 Å². The number of carbonyl (C=O) groups is 2. The highest BCUT2D eigenvalue weighted by molar-refractivity contribution is 5.97. The van der Waals surface area contributed by atoms with Crippen LogP contribution in [0.4, 0.5) is 0 Å². The van der Waals surface area contributed by atoms with Gasteiger partial charge in [-0.15, -0.1) is 0 Å². The zero-order valence-corrected chi connectivity index (χ0v) is 11.7. The number of methoxy groups -OCH3 is 2. The van der Waals surface area contributed by atoms with Gasteiger partial charge in [0.05, 0.1) is 12.7 Å². The van der Waals surface area contributed by atoms with E-state index in [0.717, 1.165) is 0 Å². The molecule has 6 nitrogen and oxygen atoms in total. The number of carbonyl (C=O) groups excluding carboxylic acids is 2. The second-order valence-electron chi connectivity index (χ2n) is 4.30. The fourth-order valence-electron chi connectivity index (χ4n) is 1.90. The topological polar surface area (TPSA) is 93.1 Å². The van der Waals surface area contributed by atoms with Crippen molar-refractivity contribution in [1.29, 1.82) is 0 Å². The number of hydrogen-bond donors (Lipinski definition) is 2. The number of Topliss-reactive ketones (excluding diaryl/α,β-unsaturated/α-hetero) is 1. The number of phenols is 2. The molecule has 1 aromatic carbocycles. The summed E-state index contributed by atoms with van der Waals surface area (Å²) in [6, 6.07) is 2.69. The maximum atomic E-state index is 11.4. The number of aromatic hydroxyl groups is 2. The van der Waals surface area contributed by atoms with Crippen LogP contribution in [0.1, 0.15) is 29.3 Å². The van der Waals surface area contributed by atoms with Crippen molar-refractivity contribution in [3.63, 3.8) is 0 Å². The summed E-state index contributed by atoms with van der Waals surface area (Å²) in [5.41, 5.74) is 0.341. The van der Waals surface area contributed by atoms with Crippen LogP contribution in [0.5, 0.6) is 11.5 Å². The predicted octanol–water partition coefficient (Wildman–Crippen LogP) is 1.42. The molecule has 0 spiro atoms. The van der Waals surface area contributed by atoms with Crippen LogP contribution >= 0.6 is 0 Å². The van der Waals surface area contributed by atoms with Gasteiger partial charge in [0.1, 0.15) is 11.5 Å². The zero-order valence-electron chi connectivity index (χ0n) is 11.7. The van der Waals surface area contributed by atoms with Gasteiger partial charge in [-0.2, -0.15) is 0 Å². The van der Waals surface area contributed by atoms with Crippen molar-refractivity contribution < 1.29 is 29.3 Å². The van der Waals surface area contributed by atoms with Crippen molar-refractivity contribution in [1.82, 2.24) is 0 Å². The largest absolute Gasteiger partial charge is 0.508 e. The number of ether oxygens (including phenoxy) is 2. The van der Waals surface area contributed by atoms with Crippen LogP contribution in [0, 0.1) is 0 Å². The summed E-state index contributed by atoms with van der Waals surface area (Å²) in [6.45, 7) is 1.32. The lowest BCUT2D eigenvalue weighted by molar-refractivity contribution is -0.152. The molecule has 0 aliphatic rings. The highest BCUT2D eigenvalue weighted by atomic mass is 16.6. The number of ketones is 1. The molecule has 1 rings (SSSR count). The van der Waals surface area contributed by atoms with Crippen LogP contribution in [-0.4, -0.2) is 42.3 Å². The summed E-state index contributed by atoms with van der Waals surface area (Å²) in [5.74, 6) is -1.24. The van der Waals surface area contributed by atoms with Gasteiger partial charge in [-0.1, -0.05) is 0 Å². The molecule has 0 saturated heterocycles. The second kappa shape index (κ2) is 6.91. The Morgan fingerprint density at radius 1 is 1.25 bits per heavy atom. The van der Waals surface area contributed by atoms with Gasteiger partial charge in [0.2, 0.25) is 0 Å². The molecule has 110 valence electrons. The van der Waals surface area contributed by atoms with Gasteiger partial charge in [-0.3, -0.25) is 4.79 Å². The number of hydrogen-bond acceptors (Lipinski definition) is 6. The first kappa shape index (κ1) is 16.0. The Hall–Kier alpha value is -2.08. The molecule has 1 aromatic rings. The van der Waals surface area contributed by atoms with Crippen LogP contribution in [-0.2, 0) is 20.7 Å². The number of esters is 1. The predicted molar refractivity (Wildman–Crippen MR) is 70.9 cm³/mol. The van der Waals surface area contributed by atoms with Gasteiger partial charge in [0.15, 0.2) is 11.9 Å². The van der Waals surface area contributed by atoms with Crippen molar-refractivity contribution in [2.24, 2.45) is 0 Å². The third-order valence-electron chi connectivity index (χ3n) is 3.04. The molecule has 0 heterocycles. The van der Waals surface area contributed by atoms with E-state index in [-0.39, 0.29) is 41.3 Å². The molecule has 0 aliphatic heterocycles. The maximum Gasteiger partial charge on any atom is 0.334 e. The van der Waals surface area contributed by atoms with Crippen LogP contribution in [0.15, 0.2) is 12.1 Å². The Labute approximate surface area is 116 Å². The first-order valence-corrected chi connectivity index (χ1v) is 6.07. The molecule has 6 heteroatoms. The molecule has 20 heavy (non-hydrogen) atoms. The van der Waals surface area contributed by atoms with Crippen LogP contribution in [0.2, 0.25) is 0 Å². The van der Waals surface area contributed by atoms with Crippen molar-refractivity contribution >= 4 is 11.8 Å². The Morgan fingerprint density at radius 2 is 1.90 bits per heavy atom. The van der Waals surface area contributed by atoms with Gasteiger partial charge in [-0.25, -0.2) is 4.79 Å². The molecule has 0 aromatic heterocycles. The van der Waals surface area contributed by atoms with Gasteiger partial charge >= 0.3 is 5.97 Å². The van der Waals surface area contributed by atoms with E-state index in [1.165, 1.54) is 33.3 Å². The standard InChI is InChI=1S/C14H18O6/c1-8(15)9-4-6-11(16)10(13(9)17)5-7-12(19-2)14(18)20-3/h4,6,12,16-17H,5,7H2,1-3H3/t12-/m0/s1. The molecule has 0 aliphatic carbocycles. The highest BCUT2D eigenvalue weighted by Gasteiger charge is 2.21. The number of benzene rings is 1. The molecule has 0 amide bonds. The van der Waals surface area contributed by atoms with E-state index >= 15 is 0 Å². The second-order valence-corrected chi connectivity index (χ2v) is 4.30. The first-order chi connectivity index (χ1) is 9.42. The Morgan fingerprint density at radius 3 is 2.40 bits per heavy atom. The van der Waals surface area contributed by atoms with Crippen molar-refractivity contribution in [3.8, 4) is 11.5 Å². The number of phenolic OH excluding ortho intramolecular Hbond substituents is 2. The average Bonchev–Trinajstić information content (AvgIpc) is 2.41. The Bertz CT molecular complexity index is 509. The highest BCUT2D eigenvalue weighted by Crippen LogP contribution is 2.32. The zero-order chi connectivity index (χ0) is 15.3. The fourth-order valence-corrected chi connectivity index (χ4v) is 1.90. The van der Waals surface area contributed by atoms with Gasteiger partial charge in [-0.05, 0) is 31.9 Å². The number of rotatable bonds is 6. The average molecular weight is 282 g/mol. The first-order valence-electron chi connectivity index (χ1n) is 6.07. The lowest BCUT2D eigenvalue weighted by Gasteiger charge is -2.14. The smallest absolute Gasteiger partial charge is 0.334 e. The maximum absolute atomic E-state index is 11.4. The molecular formula is C14H18O6. The summed E-state index contributed by atoms with van der Waals surface area (Å²) >= 11 is 0. The summed E-state index contributed by atoms with van der Waals surface area (Å²) in [5, 5.41) is 19.7. The summed E-state index contributed by atoms with van der Waals surface area (Å²) in [4.78, 5) is 22.7. The molecule has 0 fully saturated rings. The minimum atomic E-state index is -0.792. The van der Waals surface area contributed by atoms with E-state index in [1.807, 2.05) is 0 Å². The lowest BCUT2D eigenvalue weighted by Crippen LogP contribution is -2.24. The molecule has 0 radical (unpaired) electrons. The molecule has 0 saturated carbocycles. The lowest BCUT2D eigenvalue weighted by atomic mass is 9.99. The SMILES string of the molecule is COC(=O)[C@H](CCc1c(O)ccc(C(C)=O)c1O)OC. The van der Waals surface area contributed by atoms with Crippen LogP contribution in [0.25, 0.3) is 0 Å². The van der Waals surface area contributed by atoms with E-state index < -0.39 is 12.1 Å². The molecular weight excluding hydrogens is 264 g/mol. The quantitative estimate of drug-likeness (QED) is 0.605. The minimum absolute atomic E-state index is 0.129. The summed E-state index contributed by atoms with van der Waals surface area (Å²) < 4.78 is 9.55. The minimum Gasteiger partial charge on any atom is -0.508 e. The molecule has 1 atom stereocenters. The van der Waals surface area contributed by atoms with Gasteiger partial charge in [0.25, 0.3) is 0 Å². The molecule has 0 bridgehead atoms. The van der Waals surface area contributed by atoms with E-state index in [1.54, 1.807) is 0 Å². The molecule has 2 N–H and O–H groups in total. The fraction of sp³-hybridized carbons (Fsp3) is 0.429. The van der Waals surface area contributed by atoms with Gasteiger partial charge < -0.3 is 19.7 Å². The van der Waals surface area contributed by atoms with Crippen molar-refractivity contribution in [2.45, 2.75) is 25.9 Å². The van der Waals surface area contributed by atoms with Gasteiger partial charge in [0, 0.05) is 12.7 Å².